The van der Waals surface area contributed by atoms with E-state index in [1.54, 1.807) is 0 Å². The van der Waals surface area contributed by atoms with Gasteiger partial charge >= 0.3 is 0 Å². The van der Waals surface area contributed by atoms with Crippen molar-refractivity contribution in [3.63, 3.8) is 0 Å². The van der Waals surface area contributed by atoms with Crippen LogP contribution in [-0.4, -0.2) is 21.5 Å². The van der Waals surface area contributed by atoms with E-state index in [1.165, 1.54) is 33.8 Å². The summed E-state index contributed by atoms with van der Waals surface area (Å²) in [5.41, 5.74) is 9.38. The van der Waals surface area contributed by atoms with Crippen molar-refractivity contribution < 1.29 is 9.47 Å². The van der Waals surface area contributed by atoms with Crippen LogP contribution in [0.2, 0.25) is 0 Å². The van der Waals surface area contributed by atoms with Crippen molar-refractivity contribution in [2.75, 3.05) is 11.7 Å². The zero-order chi connectivity index (χ0) is 25.7. The van der Waals surface area contributed by atoms with E-state index in [2.05, 4.69) is 72.8 Å². The number of thiocarbonyl (C=S) groups is 1. The summed E-state index contributed by atoms with van der Waals surface area (Å²) in [6.45, 7) is 9.03. The van der Waals surface area contributed by atoms with E-state index in [0.717, 1.165) is 29.3 Å². The highest BCUT2D eigenvalue weighted by molar-refractivity contribution is 7.80. The molecule has 2 atom stereocenters. The quantitative estimate of drug-likeness (QED) is 0.320. The van der Waals surface area contributed by atoms with Crippen LogP contribution in [0.15, 0.2) is 66.9 Å². The second-order valence-electron chi connectivity index (χ2n) is 9.63. The predicted octanol–water partition coefficient (Wildman–Crippen LogP) is 6.27. The molecule has 0 aliphatic carbocycles. The van der Waals surface area contributed by atoms with Crippen LogP contribution in [0.5, 0.6) is 11.5 Å². The summed E-state index contributed by atoms with van der Waals surface area (Å²) in [5.74, 6) is 1.49. The van der Waals surface area contributed by atoms with Crippen LogP contribution in [0, 0.1) is 20.8 Å². The van der Waals surface area contributed by atoms with Gasteiger partial charge in [-0.05, 0) is 86.4 Å². The van der Waals surface area contributed by atoms with Gasteiger partial charge < -0.3 is 24.3 Å². The maximum absolute atomic E-state index is 5.95. The highest BCUT2D eigenvalue weighted by Crippen LogP contribution is 2.46. The van der Waals surface area contributed by atoms with Crippen molar-refractivity contribution in [1.82, 2.24) is 14.9 Å². The topological polar surface area (TPSA) is 51.6 Å². The van der Waals surface area contributed by atoms with Gasteiger partial charge in [0.1, 0.15) is 0 Å². The van der Waals surface area contributed by atoms with Gasteiger partial charge in [-0.2, -0.15) is 0 Å². The molecule has 7 heteroatoms. The first-order valence-corrected chi connectivity index (χ1v) is 13.1. The third-order valence-electron chi connectivity index (χ3n) is 7.45. The molecule has 1 N–H and O–H groups in total. The Kier molecular flexibility index (Phi) is 5.88. The number of nitrogens with zero attached hydrogens (tertiary/aromatic N) is 3. The van der Waals surface area contributed by atoms with Gasteiger partial charge in [-0.1, -0.05) is 31.2 Å². The van der Waals surface area contributed by atoms with E-state index in [9.17, 15) is 0 Å². The first-order chi connectivity index (χ1) is 18.0. The van der Waals surface area contributed by atoms with E-state index in [1.807, 2.05) is 36.5 Å². The molecule has 2 aliphatic heterocycles. The Hall–Kier alpha value is -3.84. The molecule has 2 aromatic carbocycles. The van der Waals surface area contributed by atoms with Crippen molar-refractivity contribution in [1.29, 1.82) is 0 Å². The summed E-state index contributed by atoms with van der Waals surface area (Å²) in [4.78, 5) is 6.91. The summed E-state index contributed by atoms with van der Waals surface area (Å²) in [5, 5.41) is 4.24. The molecule has 2 aromatic heterocycles. The van der Waals surface area contributed by atoms with Crippen LogP contribution < -0.4 is 19.7 Å². The smallest absolute Gasteiger partial charge is 0.231 e. The molecule has 2 aliphatic rings. The van der Waals surface area contributed by atoms with Crippen LogP contribution in [0.25, 0.3) is 5.69 Å². The number of para-hydroxylation sites is 1. The van der Waals surface area contributed by atoms with Gasteiger partial charge in [0.25, 0.3) is 0 Å². The number of hydrogen-bond acceptors (Lipinski definition) is 4. The molecule has 37 heavy (non-hydrogen) atoms. The lowest BCUT2D eigenvalue weighted by atomic mass is 9.96. The summed E-state index contributed by atoms with van der Waals surface area (Å²) in [6, 6.07) is 20.7. The molecule has 188 valence electrons. The zero-order valence-electron chi connectivity index (χ0n) is 21.5. The number of fused-ring (bicyclic) bond motifs is 1. The van der Waals surface area contributed by atoms with E-state index < -0.39 is 0 Å². The molecule has 0 radical (unpaired) electrons. The van der Waals surface area contributed by atoms with E-state index in [-0.39, 0.29) is 18.9 Å². The fourth-order valence-electron chi connectivity index (χ4n) is 5.74. The average molecular weight is 511 g/mol. The lowest BCUT2D eigenvalue weighted by molar-refractivity contribution is 0.174. The minimum absolute atomic E-state index is 0.100. The number of hydrogen-bond donors (Lipinski definition) is 1. The summed E-state index contributed by atoms with van der Waals surface area (Å²) in [6.07, 6.45) is 2.81. The Bertz CT molecular complexity index is 1500. The monoisotopic (exact) mass is 510 g/mol. The number of rotatable bonds is 5. The average Bonchev–Trinajstić information content (AvgIpc) is 3.59. The third-order valence-corrected chi connectivity index (χ3v) is 7.76. The Morgan fingerprint density at radius 2 is 1.84 bits per heavy atom. The number of aryl methyl sites for hydroxylation is 3. The number of anilines is 1. The molecule has 4 aromatic rings. The largest absolute Gasteiger partial charge is 0.454 e. The molecule has 6 nitrogen and oxygen atoms in total. The van der Waals surface area contributed by atoms with E-state index in [4.69, 9.17) is 26.7 Å². The molecule has 1 fully saturated rings. The third kappa shape index (κ3) is 3.85. The van der Waals surface area contributed by atoms with Crippen LogP contribution in [-0.2, 0) is 6.42 Å². The fourth-order valence-corrected chi connectivity index (χ4v) is 6.09. The lowest BCUT2D eigenvalue weighted by Crippen LogP contribution is -2.29. The Morgan fingerprint density at radius 3 is 2.62 bits per heavy atom. The van der Waals surface area contributed by atoms with Gasteiger partial charge in [-0.3, -0.25) is 4.98 Å². The zero-order valence-corrected chi connectivity index (χ0v) is 22.3. The number of benzene rings is 2. The molecule has 0 amide bonds. The minimum Gasteiger partial charge on any atom is -0.454 e. The molecular formula is C30H30N4O2S. The number of ether oxygens (including phenoxy) is 2. The molecule has 0 saturated carbocycles. The molecule has 0 unspecified atom stereocenters. The van der Waals surface area contributed by atoms with Crippen LogP contribution >= 0.6 is 12.2 Å². The van der Waals surface area contributed by atoms with Crippen molar-refractivity contribution in [2.45, 2.75) is 46.2 Å². The van der Waals surface area contributed by atoms with Crippen molar-refractivity contribution in [2.24, 2.45) is 0 Å². The second-order valence-corrected chi connectivity index (χ2v) is 10.0. The van der Waals surface area contributed by atoms with E-state index in [0.29, 0.717) is 5.11 Å². The predicted molar refractivity (Wildman–Crippen MR) is 150 cm³/mol. The Morgan fingerprint density at radius 1 is 1.00 bits per heavy atom. The normalized spacial score (nSPS) is 18.4. The van der Waals surface area contributed by atoms with Gasteiger partial charge in [0.15, 0.2) is 16.6 Å². The molecule has 6 rings (SSSR count). The SMILES string of the molecule is CCc1cccc(C)c1-n1c(C)cc([C@@H]2[C@H](c3ccccn3)NC(=S)N2c2ccc3c(c2)OCO3)c1C. The maximum Gasteiger partial charge on any atom is 0.231 e. The van der Waals surface area contributed by atoms with Crippen molar-refractivity contribution >= 4 is 23.0 Å². The number of aromatic nitrogens is 2. The minimum atomic E-state index is -0.115. The number of pyridine rings is 1. The maximum atomic E-state index is 5.95. The van der Waals surface area contributed by atoms with Crippen LogP contribution in [0.4, 0.5) is 5.69 Å². The number of nitrogens with one attached hydrogen (secondary N) is 1. The van der Waals surface area contributed by atoms with E-state index >= 15 is 0 Å². The molecule has 0 bridgehead atoms. The van der Waals surface area contributed by atoms with Gasteiger partial charge in [-0.25, -0.2) is 0 Å². The Labute approximate surface area is 222 Å². The molecule has 0 spiro atoms. The highest BCUT2D eigenvalue weighted by atomic mass is 32.1. The first kappa shape index (κ1) is 23.6. The highest BCUT2D eigenvalue weighted by Gasteiger charge is 2.42. The summed E-state index contributed by atoms with van der Waals surface area (Å²) < 4.78 is 13.7. The summed E-state index contributed by atoms with van der Waals surface area (Å²) >= 11 is 5.95. The van der Waals surface area contributed by atoms with Crippen molar-refractivity contribution in [3.8, 4) is 17.2 Å². The van der Waals surface area contributed by atoms with Crippen molar-refractivity contribution in [3.05, 3.63) is 101 Å². The first-order valence-electron chi connectivity index (χ1n) is 12.7. The second kappa shape index (κ2) is 9.23. The fraction of sp³-hybridized carbons (Fsp3) is 0.267. The molecular weight excluding hydrogens is 480 g/mol. The van der Waals surface area contributed by atoms with Gasteiger partial charge in [0.2, 0.25) is 6.79 Å². The summed E-state index contributed by atoms with van der Waals surface area (Å²) in [7, 11) is 0. The Balaban J connectivity index is 1.54. The van der Waals surface area contributed by atoms with Gasteiger partial charge in [-0.15, -0.1) is 0 Å². The van der Waals surface area contributed by atoms with Crippen LogP contribution in [0.3, 0.4) is 0 Å². The molecule has 1 saturated heterocycles. The standard InChI is InChI=1S/C30H30N4O2S/c1-5-21-10-8-9-18(2)28(21)33-19(3)15-23(20(33)4)29-27(24-11-6-7-14-31-24)32-30(37)34(29)22-12-13-25-26(16-22)36-17-35-25/h6-16,27,29H,5,17H2,1-4H3,(H,32,37)/t27-,29+/m0/s1. The van der Waals surface area contributed by atoms with Crippen LogP contribution in [0.1, 0.15) is 52.8 Å². The van der Waals surface area contributed by atoms with Gasteiger partial charge in [0, 0.05) is 29.3 Å². The molecule has 4 heterocycles. The lowest BCUT2D eigenvalue weighted by Gasteiger charge is -2.28. The van der Waals surface area contributed by atoms with Gasteiger partial charge in [0.05, 0.1) is 23.5 Å².